The van der Waals surface area contributed by atoms with E-state index in [1.54, 1.807) is 12.4 Å². The van der Waals surface area contributed by atoms with E-state index in [0.717, 1.165) is 44.2 Å². The average Bonchev–Trinajstić information content (AvgIpc) is 2.62. The van der Waals surface area contributed by atoms with Crippen LogP contribution in [0.5, 0.6) is 0 Å². The Morgan fingerprint density at radius 3 is 2.61 bits per heavy atom. The zero-order chi connectivity index (χ0) is 16.1. The Morgan fingerprint density at radius 1 is 1.13 bits per heavy atom. The van der Waals surface area contributed by atoms with E-state index in [4.69, 9.17) is 5.26 Å². The van der Waals surface area contributed by atoms with Gasteiger partial charge in [-0.2, -0.15) is 10.2 Å². The largest absolute Gasteiger partial charge is 0.368 e. The van der Waals surface area contributed by atoms with Gasteiger partial charge >= 0.3 is 0 Å². The van der Waals surface area contributed by atoms with Crippen molar-refractivity contribution in [1.29, 1.82) is 5.26 Å². The van der Waals surface area contributed by atoms with Crippen LogP contribution in [-0.4, -0.2) is 47.7 Å². The molecular formula is C16H19N7. The van der Waals surface area contributed by atoms with E-state index in [0.29, 0.717) is 11.6 Å². The van der Waals surface area contributed by atoms with Crippen molar-refractivity contribution in [3.8, 4) is 6.07 Å². The van der Waals surface area contributed by atoms with Crippen molar-refractivity contribution < 1.29 is 0 Å². The van der Waals surface area contributed by atoms with Crippen LogP contribution in [0.4, 0.5) is 17.5 Å². The highest BCUT2D eigenvalue weighted by Crippen LogP contribution is 2.19. The number of pyridine rings is 1. The van der Waals surface area contributed by atoms with E-state index in [2.05, 4.69) is 36.1 Å². The van der Waals surface area contributed by atoms with Crippen LogP contribution >= 0.6 is 0 Å². The molecule has 7 nitrogen and oxygen atoms in total. The Balaban J connectivity index is 1.66. The molecule has 3 rings (SSSR count). The SMILES string of the molecule is CCNc1nccc(N2CCN(c3ccnc(C#N)c3)CC2)n1. The van der Waals surface area contributed by atoms with Crippen LogP contribution in [0.3, 0.4) is 0 Å². The maximum Gasteiger partial charge on any atom is 0.224 e. The molecule has 1 saturated heterocycles. The van der Waals surface area contributed by atoms with Gasteiger partial charge in [0.05, 0.1) is 0 Å². The van der Waals surface area contributed by atoms with Crippen molar-refractivity contribution >= 4 is 17.5 Å². The normalized spacial score (nSPS) is 14.4. The summed E-state index contributed by atoms with van der Waals surface area (Å²) in [5.41, 5.74) is 1.50. The Kier molecular flexibility index (Phi) is 4.52. The summed E-state index contributed by atoms with van der Waals surface area (Å²) in [4.78, 5) is 17.3. The lowest BCUT2D eigenvalue weighted by Crippen LogP contribution is -2.46. The lowest BCUT2D eigenvalue weighted by Gasteiger charge is -2.36. The minimum Gasteiger partial charge on any atom is -0.368 e. The molecule has 1 aliphatic heterocycles. The topological polar surface area (TPSA) is 81.0 Å². The molecule has 0 bridgehead atoms. The molecule has 1 aliphatic rings. The molecule has 0 saturated carbocycles. The third kappa shape index (κ3) is 3.48. The number of nitrogens with zero attached hydrogens (tertiary/aromatic N) is 6. The van der Waals surface area contributed by atoms with Gasteiger partial charge in [0.25, 0.3) is 0 Å². The van der Waals surface area contributed by atoms with Gasteiger partial charge in [-0.25, -0.2) is 9.97 Å². The van der Waals surface area contributed by atoms with Gasteiger partial charge in [0.2, 0.25) is 5.95 Å². The molecule has 1 N–H and O–H groups in total. The van der Waals surface area contributed by atoms with Gasteiger partial charge in [-0.1, -0.05) is 0 Å². The lowest BCUT2D eigenvalue weighted by atomic mass is 10.2. The molecule has 7 heteroatoms. The summed E-state index contributed by atoms with van der Waals surface area (Å²) < 4.78 is 0. The number of hydrogen-bond donors (Lipinski definition) is 1. The molecule has 0 spiro atoms. The van der Waals surface area contributed by atoms with Gasteiger partial charge in [0.1, 0.15) is 17.6 Å². The predicted octanol–water partition coefficient (Wildman–Crippen LogP) is 1.50. The van der Waals surface area contributed by atoms with Crippen LogP contribution in [0.1, 0.15) is 12.6 Å². The van der Waals surface area contributed by atoms with Gasteiger partial charge in [-0.3, -0.25) is 0 Å². The molecule has 1 fully saturated rings. The summed E-state index contributed by atoms with van der Waals surface area (Å²) in [6.07, 6.45) is 3.47. The van der Waals surface area contributed by atoms with Crippen molar-refractivity contribution in [3.63, 3.8) is 0 Å². The fraction of sp³-hybridized carbons (Fsp3) is 0.375. The summed E-state index contributed by atoms with van der Waals surface area (Å²) in [7, 11) is 0. The number of nitriles is 1. The molecule has 23 heavy (non-hydrogen) atoms. The smallest absolute Gasteiger partial charge is 0.224 e. The quantitative estimate of drug-likeness (QED) is 0.916. The first-order valence-corrected chi connectivity index (χ1v) is 7.73. The molecule has 0 aromatic carbocycles. The van der Waals surface area contributed by atoms with Crippen molar-refractivity contribution in [2.45, 2.75) is 6.92 Å². The van der Waals surface area contributed by atoms with Crippen LogP contribution in [0.25, 0.3) is 0 Å². The van der Waals surface area contributed by atoms with Crippen LogP contribution in [0.2, 0.25) is 0 Å². The fourth-order valence-corrected chi connectivity index (χ4v) is 2.64. The molecule has 0 radical (unpaired) electrons. The number of hydrogen-bond acceptors (Lipinski definition) is 7. The summed E-state index contributed by atoms with van der Waals surface area (Å²) in [6.45, 7) is 6.37. The van der Waals surface area contributed by atoms with Crippen molar-refractivity contribution in [3.05, 3.63) is 36.3 Å². The average molecular weight is 309 g/mol. The molecule has 0 unspecified atom stereocenters. The minimum atomic E-state index is 0.455. The third-order valence-corrected chi connectivity index (χ3v) is 3.80. The van der Waals surface area contributed by atoms with Crippen molar-refractivity contribution in [1.82, 2.24) is 15.0 Å². The molecular weight excluding hydrogens is 290 g/mol. The summed E-state index contributed by atoms with van der Waals surface area (Å²) in [6, 6.07) is 7.81. The highest BCUT2D eigenvalue weighted by atomic mass is 15.3. The Bertz CT molecular complexity index is 702. The molecule has 0 aliphatic carbocycles. The highest BCUT2D eigenvalue weighted by Gasteiger charge is 2.19. The summed E-state index contributed by atoms with van der Waals surface area (Å²) in [5, 5.41) is 12.1. The number of rotatable bonds is 4. The molecule has 3 heterocycles. The third-order valence-electron chi connectivity index (χ3n) is 3.80. The molecule has 118 valence electrons. The van der Waals surface area contributed by atoms with Crippen molar-refractivity contribution in [2.24, 2.45) is 0 Å². The molecule has 2 aromatic rings. The number of anilines is 3. The number of piperazine rings is 1. The fourth-order valence-electron chi connectivity index (χ4n) is 2.64. The van der Waals surface area contributed by atoms with Crippen LogP contribution in [0, 0.1) is 11.3 Å². The zero-order valence-corrected chi connectivity index (χ0v) is 13.1. The van der Waals surface area contributed by atoms with Gasteiger partial charge < -0.3 is 15.1 Å². The Hall–Kier alpha value is -2.88. The van der Waals surface area contributed by atoms with Gasteiger partial charge in [0.15, 0.2) is 0 Å². The molecule has 2 aromatic heterocycles. The van der Waals surface area contributed by atoms with E-state index in [1.807, 2.05) is 25.1 Å². The first-order valence-electron chi connectivity index (χ1n) is 7.73. The first-order chi connectivity index (χ1) is 11.3. The second-order valence-electron chi connectivity index (χ2n) is 5.25. The van der Waals surface area contributed by atoms with E-state index < -0.39 is 0 Å². The van der Waals surface area contributed by atoms with Crippen LogP contribution < -0.4 is 15.1 Å². The first kappa shape index (κ1) is 15.0. The summed E-state index contributed by atoms with van der Waals surface area (Å²) >= 11 is 0. The number of aromatic nitrogens is 3. The monoisotopic (exact) mass is 309 g/mol. The Morgan fingerprint density at radius 2 is 1.87 bits per heavy atom. The van der Waals surface area contributed by atoms with Gasteiger partial charge in [0, 0.05) is 50.8 Å². The standard InChI is InChI=1S/C16H19N7/c1-2-18-16-20-6-4-15(21-16)23-9-7-22(8-10-23)14-3-5-19-13(11-14)12-17/h3-6,11H,2,7-10H2,1H3,(H,18,20,21). The maximum absolute atomic E-state index is 8.96. The van der Waals surface area contributed by atoms with E-state index in [9.17, 15) is 0 Å². The highest BCUT2D eigenvalue weighted by molar-refractivity contribution is 5.51. The second kappa shape index (κ2) is 6.92. The zero-order valence-electron chi connectivity index (χ0n) is 13.1. The van der Waals surface area contributed by atoms with E-state index >= 15 is 0 Å². The lowest BCUT2D eigenvalue weighted by molar-refractivity contribution is 0.646. The maximum atomic E-state index is 8.96. The van der Waals surface area contributed by atoms with Crippen LogP contribution in [-0.2, 0) is 0 Å². The van der Waals surface area contributed by atoms with Crippen molar-refractivity contribution in [2.75, 3.05) is 47.8 Å². The number of nitrogens with one attached hydrogen (secondary N) is 1. The van der Waals surface area contributed by atoms with Gasteiger partial charge in [-0.05, 0) is 25.1 Å². The molecule has 0 amide bonds. The predicted molar refractivity (Wildman–Crippen MR) is 89.6 cm³/mol. The van der Waals surface area contributed by atoms with E-state index in [1.165, 1.54) is 0 Å². The molecule has 0 atom stereocenters. The second-order valence-corrected chi connectivity index (χ2v) is 5.25. The Labute approximate surface area is 135 Å². The van der Waals surface area contributed by atoms with E-state index in [-0.39, 0.29) is 0 Å². The van der Waals surface area contributed by atoms with Crippen LogP contribution in [0.15, 0.2) is 30.6 Å². The minimum absolute atomic E-state index is 0.455. The van der Waals surface area contributed by atoms with Gasteiger partial charge in [-0.15, -0.1) is 0 Å². The summed E-state index contributed by atoms with van der Waals surface area (Å²) in [5.74, 6) is 1.61.